The van der Waals surface area contributed by atoms with Gasteiger partial charge in [0.15, 0.2) is 0 Å². The third-order valence-corrected chi connectivity index (χ3v) is 12.1. The molecule has 12 heteroatoms. The summed E-state index contributed by atoms with van der Waals surface area (Å²) in [6, 6.07) is 23.5. The van der Waals surface area contributed by atoms with Crippen molar-refractivity contribution in [3.05, 3.63) is 99.5 Å². The Morgan fingerprint density at radius 1 is 0.778 bits per heavy atom. The fourth-order valence-electron chi connectivity index (χ4n) is 8.17. The first-order valence-electron chi connectivity index (χ1n) is 19.3. The maximum Gasteiger partial charge on any atom is 0.320 e. The molecule has 3 aliphatic heterocycles. The molecule has 6 rings (SSSR count). The Morgan fingerprint density at radius 3 is 2.24 bits per heavy atom. The zero-order valence-corrected chi connectivity index (χ0v) is 33.0. The van der Waals surface area contributed by atoms with Gasteiger partial charge in [0, 0.05) is 50.2 Å². The molecule has 0 saturated carbocycles. The number of hydrogen-bond acceptors (Lipinski definition) is 8. The van der Waals surface area contributed by atoms with E-state index in [1.165, 1.54) is 0 Å². The lowest BCUT2D eigenvalue weighted by atomic mass is 9.71. The molecule has 0 radical (unpaired) electrons. The van der Waals surface area contributed by atoms with Crippen LogP contribution >= 0.6 is 23.2 Å². The highest BCUT2D eigenvalue weighted by Gasteiger charge is 2.45. The summed E-state index contributed by atoms with van der Waals surface area (Å²) in [6.45, 7) is 11.3. The molecule has 0 spiro atoms. The van der Waals surface area contributed by atoms with Crippen molar-refractivity contribution in [1.82, 2.24) is 25.1 Å². The van der Waals surface area contributed by atoms with E-state index in [2.05, 4.69) is 40.3 Å². The van der Waals surface area contributed by atoms with E-state index < -0.39 is 5.41 Å². The molecular weight excluding hydrogens is 725 g/mol. The number of likely N-dealkylation sites (tertiary alicyclic amines) is 2. The van der Waals surface area contributed by atoms with Crippen LogP contribution in [0.15, 0.2) is 72.8 Å². The molecule has 3 saturated heterocycles. The molecule has 0 bridgehead atoms. The van der Waals surface area contributed by atoms with Crippen molar-refractivity contribution >= 4 is 41.0 Å². The molecule has 3 aromatic rings. The van der Waals surface area contributed by atoms with Crippen molar-refractivity contribution in [2.75, 3.05) is 78.7 Å². The van der Waals surface area contributed by atoms with Gasteiger partial charge in [-0.3, -0.25) is 24.7 Å². The maximum atomic E-state index is 14.3. The summed E-state index contributed by atoms with van der Waals surface area (Å²) in [4.78, 5) is 46.6. The number of hydrazine groups is 1. The van der Waals surface area contributed by atoms with Crippen LogP contribution in [0.25, 0.3) is 0 Å². The molecule has 1 atom stereocenters. The van der Waals surface area contributed by atoms with Crippen LogP contribution in [0.3, 0.4) is 0 Å². The van der Waals surface area contributed by atoms with Crippen LogP contribution in [0.1, 0.15) is 67.4 Å². The number of amides is 2. The van der Waals surface area contributed by atoms with Crippen LogP contribution < -0.4 is 10.2 Å². The number of nitrogens with one attached hydrogen (secondary N) is 1. The van der Waals surface area contributed by atoms with Crippen molar-refractivity contribution in [3.63, 3.8) is 0 Å². The number of nitrogens with zero attached hydrogens (tertiary/aromatic N) is 4. The second-order valence-corrected chi connectivity index (χ2v) is 15.6. The summed E-state index contributed by atoms with van der Waals surface area (Å²) in [6.07, 6.45) is 3.90. The Labute approximate surface area is 329 Å². The molecular formula is C42H53Cl2N5O5. The quantitative estimate of drug-likeness (QED) is 0.194. The topological polar surface area (TPSA) is 94.7 Å². The first-order valence-corrected chi connectivity index (χ1v) is 20.1. The Kier molecular flexibility index (Phi) is 13.6. The first-order chi connectivity index (χ1) is 26.1. The summed E-state index contributed by atoms with van der Waals surface area (Å²) in [7, 11) is 0. The fraction of sp³-hybridized carbons (Fsp3) is 0.500. The van der Waals surface area contributed by atoms with Crippen molar-refractivity contribution in [1.29, 1.82) is 0 Å². The van der Waals surface area contributed by atoms with E-state index in [1.807, 2.05) is 71.4 Å². The lowest BCUT2D eigenvalue weighted by Gasteiger charge is -2.43. The van der Waals surface area contributed by atoms with Crippen LogP contribution in [-0.4, -0.2) is 116 Å². The molecule has 10 nitrogen and oxygen atoms in total. The van der Waals surface area contributed by atoms with Gasteiger partial charge in [-0.25, -0.2) is 5.01 Å². The normalized spacial score (nSPS) is 20.8. The minimum Gasteiger partial charge on any atom is -0.494 e. The predicted molar refractivity (Wildman–Crippen MR) is 212 cm³/mol. The molecule has 3 aliphatic rings. The number of carbonyl (C=O) groups is 3. The smallest absolute Gasteiger partial charge is 0.320 e. The van der Waals surface area contributed by atoms with Gasteiger partial charge in [0.1, 0.15) is 5.75 Å². The lowest BCUT2D eigenvalue weighted by molar-refractivity contribution is -0.145. The summed E-state index contributed by atoms with van der Waals surface area (Å²) >= 11 is 13.0. The highest BCUT2D eigenvalue weighted by atomic mass is 35.5. The van der Waals surface area contributed by atoms with Crippen LogP contribution in [0.4, 0.5) is 0 Å². The number of hydrogen-bond donors (Lipinski definition) is 1. The van der Waals surface area contributed by atoms with Crippen molar-refractivity contribution in [3.8, 4) is 5.75 Å². The van der Waals surface area contributed by atoms with E-state index in [4.69, 9.17) is 32.7 Å². The SMILES string of the molecule is CCCOc1cccc(C(=O)N2CCC(CCN3CCC(C(=O)NN4CCN(CC(=O)OCC)CC4)(c4ccccc4)CC3)(c3ccc(Cl)c(Cl)c3)C2)c1. The van der Waals surface area contributed by atoms with Gasteiger partial charge < -0.3 is 19.3 Å². The van der Waals surface area contributed by atoms with Gasteiger partial charge in [0.05, 0.1) is 35.2 Å². The second kappa shape index (κ2) is 18.3. The van der Waals surface area contributed by atoms with Crippen LogP contribution in [0.2, 0.25) is 10.0 Å². The summed E-state index contributed by atoms with van der Waals surface area (Å²) in [5.41, 5.74) is 5.04. The van der Waals surface area contributed by atoms with E-state index in [0.717, 1.165) is 50.0 Å². The lowest BCUT2D eigenvalue weighted by Crippen LogP contribution is -2.59. The summed E-state index contributed by atoms with van der Waals surface area (Å²) in [5, 5.41) is 3.01. The fourth-order valence-corrected chi connectivity index (χ4v) is 8.47. The molecule has 3 aromatic carbocycles. The van der Waals surface area contributed by atoms with Gasteiger partial charge in [-0.1, -0.05) is 72.6 Å². The van der Waals surface area contributed by atoms with Gasteiger partial charge >= 0.3 is 5.97 Å². The van der Waals surface area contributed by atoms with Gasteiger partial charge in [-0.15, -0.1) is 0 Å². The zero-order valence-electron chi connectivity index (χ0n) is 31.5. The number of rotatable bonds is 14. The minimum absolute atomic E-state index is 0.00377. The van der Waals surface area contributed by atoms with E-state index in [0.29, 0.717) is 86.7 Å². The Bertz CT molecular complexity index is 1750. The monoisotopic (exact) mass is 777 g/mol. The second-order valence-electron chi connectivity index (χ2n) is 14.8. The minimum atomic E-state index is -0.660. The number of ether oxygens (including phenoxy) is 2. The van der Waals surface area contributed by atoms with Crippen molar-refractivity contribution in [2.24, 2.45) is 0 Å². The van der Waals surface area contributed by atoms with Gasteiger partial charge in [-0.05, 0) is 100 Å². The average molecular weight is 779 g/mol. The molecule has 54 heavy (non-hydrogen) atoms. The predicted octanol–water partition coefficient (Wildman–Crippen LogP) is 6.20. The molecule has 0 aromatic heterocycles. The van der Waals surface area contributed by atoms with Crippen LogP contribution in [-0.2, 0) is 25.2 Å². The highest BCUT2D eigenvalue weighted by molar-refractivity contribution is 6.42. The molecule has 3 heterocycles. The number of piperazine rings is 1. The van der Waals surface area contributed by atoms with E-state index in [1.54, 1.807) is 0 Å². The maximum absolute atomic E-state index is 14.3. The third kappa shape index (κ3) is 9.40. The van der Waals surface area contributed by atoms with E-state index >= 15 is 0 Å². The van der Waals surface area contributed by atoms with Gasteiger partial charge in [0.25, 0.3) is 5.91 Å². The Balaban J connectivity index is 1.12. The first kappa shape index (κ1) is 40.0. The van der Waals surface area contributed by atoms with Crippen LogP contribution in [0, 0.1) is 0 Å². The average Bonchev–Trinajstić information content (AvgIpc) is 3.64. The molecule has 3 fully saturated rings. The number of halogens is 2. The highest BCUT2D eigenvalue weighted by Crippen LogP contribution is 2.42. The Morgan fingerprint density at radius 2 is 1.54 bits per heavy atom. The number of esters is 1. The van der Waals surface area contributed by atoms with Crippen molar-refractivity contribution < 1.29 is 23.9 Å². The van der Waals surface area contributed by atoms with Crippen LogP contribution in [0.5, 0.6) is 5.75 Å². The molecule has 0 aliphatic carbocycles. The largest absolute Gasteiger partial charge is 0.494 e. The third-order valence-electron chi connectivity index (χ3n) is 11.4. The van der Waals surface area contributed by atoms with Gasteiger partial charge in [0.2, 0.25) is 5.91 Å². The number of benzene rings is 3. The van der Waals surface area contributed by atoms with E-state index in [-0.39, 0.29) is 29.7 Å². The number of piperidine rings is 1. The molecule has 2 amide bonds. The number of carbonyl (C=O) groups excluding carboxylic acids is 3. The van der Waals surface area contributed by atoms with Crippen molar-refractivity contribution in [2.45, 2.75) is 56.8 Å². The zero-order chi connectivity index (χ0) is 38.1. The van der Waals surface area contributed by atoms with E-state index in [9.17, 15) is 14.4 Å². The standard InChI is InChI=1S/C42H53Cl2N5O5/c1-3-27-54-35-12-8-9-32(28-35)39(51)48-22-16-41(31-48,34-13-14-36(43)37(44)29-34)15-19-46-20-17-42(18-21-46,33-10-6-5-7-11-33)40(52)45-49-25-23-47(24-26-49)30-38(50)53-4-2/h5-14,28-29H,3-4,15-27,30-31H2,1-2H3,(H,45,52). The summed E-state index contributed by atoms with van der Waals surface area (Å²) < 4.78 is 10.9. The molecule has 1 N–H and O–H groups in total. The Hall–Kier alpha value is -3.67. The summed E-state index contributed by atoms with van der Waals surface area (Å²) in [5.74, 6) is 0.506. The molecule has 1 unspecified atom stereocenters. The van der Waals surface area contributed by atoms with Gasteiger partial charge in [-0.2, -0.15) is 0 Å². The molecule has 290 valence electrons.